The third-order valence-electron chi connectivity index (χ3n) is 3.61. The number of halogens is 1. The SMILES string of the molecule is CCCCCCCCCCCCc1cc[nH+]cc1.[Cl-]. The van der Waals surface area contributed by atoms with Crippen molar-refractivity contribution in [3.8, 4) is 0 Å². The second-order valence-electron chi connectivity index (χ2n) is 5.34. The van der Waals surface area contributed by atoms with E-state index in [0.29, 0.717) is 0 Å². The summed E-state index contributed by atoms with van der Waals surface area (Å²) in [5.41, 5.74) is 1.47. The summed E-state index contributed by atoms with van der Waals surface area (Å²) in [5.74, 6) is 0. The lowest BCUT2D eigenvalue weighted by atomic mass is 10.0. The third kappa shape index (κ3) is 11.0. The highest BCUT2D eigenvalue weighted by molar-refractivity contribution is 5.06. The summed E-state index contributed by atoms with van der Waals surface area (Å²) < 4.78 is 0. The highest BCUT2D eigenvalue weighted by Gasteiger charge is 1.95. The number of aromatic amines is 1. The van der Waals surface area contributed by atoms with Gasteiger partial charge in [0.2, 0.25) is 0 Å². The first kappa shape index (κ1) is 18.4. The standard InChI is InChI=1S/C17H29N.ClH/c1-2-3-4-5-6-7-8-9-10-11-12-17-13-15-18-16-14-17;/h13-16H,2-12H2,1H3;1H. The van der Waals surface area contributed by atoms with E-state index in [1.54, 1.807) is 0 Å². The van der Waals surface area contributed by atoms with Gasteiger partial charge in [-0.15, -0.1) is 0 Å². The maximum absolute atomic E-state index is 3.07. The summed E-state index contributed by atoms with van der Waals surface area (Å²) in [6.45, 7) is 2.28. The molecule has 0 radical (unpaired) electrons. The molecule has 0 aliphatic heterocycles. The van der Waals surface area contributed by atoms with Crippen LogP contribution in [0.2, 0.25) is 0 Å². The van der Waals surface area contributed by atoms with Crippen LogP contribution in [0, 0.1) is 0 Å². The molecule has 0 aliphatic carbocycles. The van der Waals surface area contributed by atoms with Crippen molar-refractivity contribution in [3.63, 3.8) is 0 Å². The van der Waals surface area contributed by atoms with Crippen molar-refractivity contribution in [2.24, 2.45) is 0 Å². The number of pyridine rings is 1. The zero-order chi connectivity index (χ0) is 12.9. The van der Waals surface area contributed by atoms with Crippen LogP contribution in [0.3, 0.4) is 0 Å². The highest BCUT2D eigenvalue weighted by Crippen LogP contribution is 2.11. The Bertz CT molecular complexity index is 274. The van der Waals surface area contributed by atoms with Crippen LogP contribution in [0.5, 0.6) is 0 Å². The quantitative estimate of drug-likeness (QED) is 0.552. The van der Waals surface area contributed by atoms with E-state index in [4.69, 9.17) is 0 Å². The molecule has 0 atom stereocenters. The van der Waals surface area contributed by atoms with Gasteiger partial charge >= 0.3 is 0 Å². The van der Waals surface area contributed by atoms with Crippen molar-refractivity contribution in [1.29, 1.82) is 0 Å². The summed E-state index contributed by atoms with van der Waals surface area (Å²) >= 11 is 0. The van der Waals surface area contributed by atoms with Crippen molar-refractivity contribution < 1.29 is 17.4 Å². The van der Waals surface area contributed by atoms with Crippen molar-refractivity contribution in [2.75, 3.05) is 0 Å². The number of aromatic nitrogens is 1. The van der Waals surface area contributed by atoms with Gasteiger partial charge in [0, 0.05) is 12.1 Å². The molecule has 2 heteroatoms. The van der Waals surface area contributed by atoms with Crippen molar-refractivity contribution in [3.05, 3.63) is 30.1 Å². The summed E-state index contributed by atoms with van der Waals surface area (Å²) in [4.78, 5) is 3.07. The number of hydrogen-bond donors (Lipinski definition) is 0. The largest absolute Gasteiger partial charge is 1.00 e. The number of unbranched alkanes of at least 4 members (excludes halogenated alkanes) is 9. The molecule has 0 spiro atoms. The molecular formula is C17H30ClN. The number of hydrogen-bond acceptors (Lipinski definition) is 0. The summed E-state index contributed by atoms with van der Waals surface area (Å²) in [6, 6.07) is 4.38. The fourth-order valence-electron chi connectivity index (χ4n) is 2.40. The lowest BCUT2D eigenvalue weighted by Crippen LogP contribution is -3.00. The highest BCUT2D eigenvalue weighted by atomic mass is 35.5. The molecule has 19 heavy (non-hydrogen) atoms. The van der Waals surface area contributed by atoms with Crippen molar-refractivity contribution in [1.82, 2.24) is 0 Å². The lowest BCUT2D eigenvalue weighted by Gasteiger charge is -2.02. The lowest BCUT2D eigenvalue weighted by molar-refractivity contribution is -0.378. The van der Waals surface area contributed by atoms with Gasteiger partial charge < -0.3 is 12.4 Å². The minimum Gasteiger partial charge on any atom is -1.00 e. The maximum atomic E-state index is 3.07. The van der Waals surface area contributed by atoms with E-state index in [1.807, 2.05) is 12.4 Å². The van der Waals surface area contributed by atoms with E-state index in [2.05, 4.69) is 24.0 Å². The molecule has 0 amide bonds. The fraction of sp³-hybridized carbons (Fsp3) is 0.706. The third-order valence-corrected chi connectivity index (χ3v) is 3.61. The molecule has 1 heterocycles. The Hall–Kier alpha value is -0.560. The minimum atomic E-state index is 0. The van der Waals surface area contributed by atoms with Gasteiger partial charge in [-0.25, -0.2) is 4.98 Å². The molecule has 1 aromatic rings. The zero-order valence-electron chi connectivity index (χ0n) is 12.5. The van der Waals surface area contributed by atoms with Gasteiger partial charge in [0.15, 0.2) is 12.4 Å². The number of H-pyrrole nitrogens is 1. The van der Waals surface area contributed by atoms with Crippen LogP contribution in [0.25, 0.3) is 0 Å². The number of rotatable bonds is 11. The van der Waals surface area contributed by atoms with E-state index in [1.165, 1.54) is 76.2 Å². The Balaban J connectivity index is 0.00000324. The predicted octanol–water partition coefficient (Wildman–Crippen LogP) is 1.97. The monoisotopic (exact) mass is 283 g/mol. The normalized spacial score (nSPS) is 10.2. The molecule has 1 rings (SSSR count). The zero-order valence-corrected chi connectivity index (χ0v) is 13.2. The van der Waals surface area contributed by atoms with E-state index in [0.717, 1.165) is 0 Å². The second-order valence-corrected chi connectivity index (χ2v) is 5.34. The van der Waals surface area contributed by atoms with E-state index < -0.39 is 0 Å². The molecule has 0 saturated carbocycles. The Morgan fingerprint density at radius 2 is 1.21 bits per heavy atom. The van der Waals surface area contributed by atoms with Crippen LogP contribution >= 0.6 is 0 Å². The van der Waals surface area contributed by atoms with Crippen molar-refractivity contribution in [2.45, 2.75) is 77.6 Å². The van der Waals surface area contributed by atoms with Crippen LogP contribution in [0.4, 0.5) is 0 Å². The molecule has 1 N–H and O–H groups in total. The van der Waals surface area contributed by atoms with Crippen LogP contribution in [-0.4, -0.2) is 0 Å². The van der Waals surface area contributed by atoms with Crippen LogP contribution in [0.15, 0.2) is 24.5 Å². The van der Waals surface area contributed by atoms with Gasteiger partial charge in [-0.2, -0.15) is 0 Å². The van der Waals surface area contributed by atoms with Crippen molar-refractivity contribution >= 4 is 0 Å². The van der Waals surface area contributed by atoms with E-state index in [9.17, 15) is 0 Å². The van der Waals surface area contributed by atoms with Gasteiger partial charge in [-0.3, -0.25) is 0 Å². The molecular weight excluding hydrogens is 254 g/mol. The number of nitrogens with one attached hydrogen (secondary N) is 1. The molecule has 0 aliphatic rings. The minimum absolute atomic E-state index is 0. The van der Waals surface area contributed by atoms with Gasteiger partial charge in [-0.1, -0.05) is 64.7 Å². The summed E-state index contributed by atoms with van der Waals surface area (Å²) in [5, 5.41) is 0. The molecule has 0 saturated heterocycles. The second kappa shape index (κ2) is 13.9. The average molecular weight is 284 g/mol. The number of aryl methyl sites for hydroxylation is 1. The predicted molar refractivity (Wildman–Crippen MR) is 78.5 cm³/mol. The Morgan fingerprint density at radius 1 is 0.737 bits per heavy atom. The van der Waals surface area contributed by atoms with Crippen LogP contribution in [0.1, 0.15) is 76.7 Å². The average Bonchev–Trinajstić information content (AvgIpc) is 2.42. The Kier molecular flexibility index (Phi) is 13.5. The first-order chi connectivity index (χ1) is 8.93. The smallest absolute Gasteiger partial charge is 0.167 e. The Morgan fingerprint density at radius 3 is 1.74 bits per heavy atom. The first-order valence-electron chi connectivity index (χ1n) is 7.88. The van der Waals surface area contributed by atoms with Gasteiger partial charge in [0.25, 0.3) is 0 Å². The molecule has 0 fully saturated rings. The van der Waals surface area contributed by atoms with Gasteiger partial charge in [0.05, 0.1) is 0 Å². The first-order valence-corrected chi connectivity index (χ1v) is 7.88. The summed E-state index contributed by atoms with van der Waals surface area (Å²) in [6.07, 6.45) is 19.5. The van der Waals surface area contributed by atoms with Gasteiger partial charge in [-0.05, 0) is 18.4 Å². The molecule has 1 aromatic heterocycles. The van der Waals surface area contributed by atoms with E-state index >= 15 is 0 Å². The molecule has 0 aromatic carbocycles. The maximum Gasteiger partial charge on any atom is 0.167 e. The Labute approximate surface area is 125 Å². The van der Waals surface area contributed by atoms with E-state index in [-0.39, 0.29) is 12.4 Å². The van der Waals surface area contributed by atoms with Crippen LogP contribution < -0.4 is 17.4 Å². The molecule has 0 bridgehead atoms. The fourth-order valence-corrected chi connectivity index (χ4v) is 2.40. The van der Waals surface area contributed by atoms with Gasteiger partial charge in [0.1, 0.15) is 0 Å². The van der Waals surface area contributed by atoms with Crippen LogP contribution in [-0.2, 0) is 6.42 Å². The molecule has 0 unspecified atom stereocenters. The molecule has 110 valence electrons. The molecule has 1 nitrogen and oxygen atoms in total. The topological polar surface area (TPSA) is 14.1 Å². The summed E-state index contributed by atoms with van der Waals surface area (Å²) in [7, 11) is 0.